The maximum absolute atomic E-state index is 12.4. The van der Waals surface area contributed by atoms with Gasteiger partial charge in [-0.15, -0.1) is 0 Å². The number of rotatable bonds is 7. The molecule has 0 aliphatic carbocycles. The van der Waals surface area contributed by atoms with E-state index in [9.17, 15) is 4.79 Å². The highest BCUT2D eigenvalue weighted by atomic mass is 79.9. The summed E-state index contributed by atoms with van der Waals surface area (Å²) in [5.41, 5.74) is 3.90. The first-order valence-electron chi connectivity index (χ1n) is 10.4. The lowest BCUT2D eigenvalue weighted by Crippen LogP contribution is -2.05. The molecule has 4 rings (SSSR count). The van der Waals surface area contributed by atoms with Crippen molar-refractivity contribution in [3.8, 4) is 11.5 Å². The predicted molar refractivity (Wildman–Crippen MR) is 136 cm³/mol. The molecule has 3 aromatic rings. The standard InChI is InChI=1S/C26H21Br2NO4/c1-3-31-23-14-18(12-21(28)24(23)32-15-17-8-6-7-16(2)11-17)13-22-26(30)33-25(29-22)19-9-4-5-10-20(19)27/h4-14H,3,15H2,1-2H3. The number of ether oxygens (including phenoxy) is 3. The Kier molecular flexibility index (Phi) is 7.30. The van der Waals surface area contributed by atoms with Crippen LogP contribution in [0.15, 0.2) is 80.3 Å². The third-order valence-electron chi connectivity index (χ3n) is 4.83. The maximum atomic E-state index is 12.4. The topological polar surface area (TPSA) is 57.1 Å². The van der Waals surface area contributed by atoms with Crippen molar-refractivity contribution in [2.45, 2.75) is 20.5 Å². The first-order chi connectivity index (χ1) is 15.9. The van der Waals surface area contributed by atoms with Crippen LogP contribution in [0.25, 0.3) is 6.08 Å². The molecule has 33 heavy (non-hydrogen) atoms. The summed E-state index contributed by atoms with van der Waals surface area (Å²) >= 11 is 7.05. The van der Waals surface area contributed by atoms with Gasteiger partial charge in [-0.25, -0.2) is 9.79 Å². The fourth-order valence-corrected chi connectivity index (χ4v) is 4.38. The summed E-state index contributed by atoms with van der Waals surface area (Å²) < 4.78 is 18.8. The summed E-state index contributed by atoms with van der Waals surface area (Å²) in [5, 5.41) is 0. The molecule has 1 heterocycles. The fraction of sp³-hybridized carbons (Fsp3) is 0.154. The van der Waals surface area contributed by atoms with Crippen molar-refractivity contribution in [3.05, 3.63) is 97.6 Å². The number of hydrogen-bond acceptors (Lipinski definition) is 5. The number of halogens is 2. The van der Waals surface area contributed by atoms with Crippen molar-refractivity contribution >= 4 is 49.8 Å². The Morgan fingerprint density at radius 1 is 1.00 bits per heavy atom. The van der Waals surface area contributed by atoms with Crippen LogP contribution in [-0.4, -0.2) is 18.5 Å². The van der Waals surface area contributed by atoms with Crippen molar-refractivity contribution in [2.75, 3.05) is 6.61 Å². The molecule has 0 spiro atoms. The number of carbonyl (C=O) groups excluding carboxylic acids is 1. The van der Waals surface area contributed by atoms with E-state index >= 15 is 0 Å². The van der Waals surface area contributed by atoms with E-state index in [4.69, 9.17) is 14.2 Å². The lowest BCUT2D eigenvalue weighted by molar-refractivity contribution is -0.129. The first kappa shape index (κ1) is 23.3. The summed E-state index contributed by atoms with van der Waals surface area (Å²) in [4.78, 5) is 16.8. The lowest BCUT2D eigenvalue weighted by atomic mass is 10.1. The van der Waals surface area contributed by atoms with Crippen LogP contribution in [0.4, 0.5) is 0 Å². The Morgan fingerprint density at radius 3 is 2.58 bits per heavy atom. The zero-order valence-corrected chi connectivity index (χ0v) is 21.3. The molecule has 0 saturated carbocycles. The minimum atomic E-state index is -0.505. The van der Waals surface area contributed by atoms with E-state index in [1.807, 2.05) is 68.4 Å². The number of aryl methyl sites for hydroxylation is 1. The molecule has 0 saturated heterocycles. The van der Waals surface area contributed by atoms with Gasteiger partial charge in [0.25, 0.3) is 0 Å². The molecule has 0 atom stereocenters. The Morgan fingerprint density at radius 2 is 1.82 bits per heavy atom. The number of cyclic esters (lactones) is 1. The lowest BCUT2D eigenvalue weighted by Gasteiger charge is -2.15. The number of nitrogens with zero attached hydrogens (tertiary/aromatic N) is 1. The van der Waals surface area contributed by atoms with E-state index in [0.29, 0.717) is 34.7 Å². The number of esters is 1. The van der Waals surface area contributed by atoms with E-state index in [-0.39, 0.29) is 11.6 Å². The van der Waals surface area contributed by atoms with Crippen LogP contribution in [0.2, 0.25) is 0 Å². The molecule has 0 bridgehead atoms. The van der Waals surface area contributed by atoms with Crippen LogP contribution < -0.4 is 9.47 Å². The molecule has 1 aliphatic heterocycles. The van der Waals surface area contributed by atoms with E-state index in [2.05, 4.69) is 42.9 Å². The van der Waals surface area contributed by atoms with Crippen LogP contribution in [0.5, 0.6) is 11.5 Å². The van der Waals surface area contributed by atoms with Gasteiger partial charge in [-0.1, -0.05) is 42.0 Å². The zero-order valence-electron chi connectivity index (χ0n) is 18.1. The quantitative estimate of drug-likeness (QED) is 0.230. The van der Waals surface area contributed by atoms with Gasteiger partial charge in [-0.3, -0.25) is 0 Å². The molecular weight excluding hydrogens is 550 g/mol. The SMILES string of the molecule is CCOc1cc(C=C2N=C(c3ccccc3Br)OC2=O)cc(Br)c1OCc1cccc(C)c1. The molecule has 0 fully saturated rings. The second-order valence-electron chi connectivity index (χ2n) is 7.36. The molecular formula is C26H21Br2NO4. The second kappa shape index (κ2) is 10.4. The number of aliphatic imine (C=N–C) groups is 1. The number of hydrogen-bond donors (Lipinski definition) is 0. The Balaban J connectivity index is 1.62. The highest BCUT2D eigenvalue weighted by molar-refractivity contribution is 9.10. The molecule has 168 valence electrons. The largest absolute Gasteiger partial charge is 0.490 e. The van der Waals surface area contributed by atoms with Gasteiger partial charge in [0, 0.05) is 4.47 Å². The van der Waals surface area contributed by atoms with Crippen molar-refractivity contribution < 1.29 is 19.0 Å². The normalized spacial score (nSPS) is 14.2. The maximum Gasteiger partial charge on any atom is 0.363 e. The third kappa shape index (κ3) is 5.54. The highest BCUT2D eigenvalue weighted by Gasteiger charge is 2.25. The molecule has 5 nitrogen and oxygen atoms in total. The van der Waals surface area contributed by atoms with Crippen molar-refractivity contribution in [2.24, 2.45) is 4.99 Å². The van der Waals surface area contributed by atoms with Gasteiger partial charge < -0.3 is 14.2 Å². The monoisotopic (exact) mass is 569 g/mol. The average molecular weight is 571 g/mol. The minimum absolute atomic E-state index is 0.212. The van der Waals surface area contributed by atoms with E-state index < -0.39 is 5.97 Å². The van der Waals surface area contributed by atoms with Crippen LogP contribution >= 0.6 is 31.9 Å². The van der Waals surface area contributed by atoms with Crippen LogP contribution in [0.3, 0.4) is 0 Å². The van der Waals surface area contributed by atoms with Crippen molar-refractivity contribution in [3.63, 3.8) is 0 Å². The minimum Gasteiger partial charge on any atom is -0.490 e. The summed E-state index contributed by atoms with van der Waals surface area (Å²) in [5.74, 6) is 0.940. The summed E-state index contributed by atoms with van der Waals surface area (Å²) in [6.07, 6.45) is 1.67. The molecule has 0 aromatic heterocycles. The Labute approximate surface area is 209 Å². The van der Waals surface area contributed by atoms with Crippen LogP contribution in [0.1, 0.15) is 29.2 Å². The Hall–Kier alpha value is -2.90. The summed E-state index contributed by atoms with van der Waals surface area (Å²) in [6, 6.07) is 19.3. The average Bonchev–Trinajstić information content (AvgIpc) is 3.13. The first-order valence-corrected chi connectivity index (χ1v) is 12.0. The Bertz CT molecular complexity index is 1270. The number of benzene rings is 3. The van der Waals surface area contributed by atoms with Crippen molar-refractivity contribution in [1.82, 2.24) is 0 Å². The van der Waals surface area contributed by atoms with Gasteiger partial charge >= 0.3 is 5.97 Å². The molecule has 7 heteroatoms. The van der Waals surface area contributed by atoms with Gasteiger partial charge in [-0.2, -0.15) is 0 Å². The van der Waals surface area contributed by atoms with E-state index in [1.54, 1.807) is 6.08 Å². The van der Waals surface area contributed by atoms with Gasteiger partial charge in [0.2, 0.25) is 5.90 Å². The van der Waals surface area contributed by atoms with Gasteiger partial charge in [-0.05, 0) is 87.2 Å². The van der Waals surface area contributed by atoms with Crippen LogP contribution in [-0.2, 0) is 16.1 Å². The number of carbonyl (C=O) groups is 1. The molecule has 0 radical (unpaired) electrons. The zero-order chi connectivity index (χ0) is 23.4. The second-order valence-corrected chi connectivity index (χ2v) is 9.07. The molecule has 1 aliphatic rings. The molecule has 0 unspecified atom stereocenters. The van der Waals surface area contributed by atoms with Crippen LogP contribution in [0, 0.1) is 6.92 Å². The van der Waals surface area contributed by atoms with Gasteiger partial charge in [0.15, 0.2) is 17.2 Å². The van der Waals surface area contributed by atoms with E-state index in [1.165, 1.54) is 5.56 Å². The molecule has 0 N–H and O–H groups in total. The highest BCUT2D eigenvalue weighted by Crippen LogP contribution is 2.38. The van der Waals surface area contributed by atoms with E-state index in [0.717, 1.165) is 15.6 Å². The predicted octanol–water partition coefficient (Wildman–Crippen LogP) is 6.84. The smallest absolute Gasteiger partial charge is 0.363 e. The van der Waals surface area contributed by atoms with Gasteiger partial charge in [0.05, 0.1) is 16.6 Å². The fourth-order valence-electron chi connectivity index (χ4n) is 3.35. The van der Waals surface area contributed by atoms with Crippen molar-refractivity contribution in [1.29, 1.82) is 0 Å². The molecule has 3 aromatic carbocycles. The molecule has 0 amide bonds. The summed E-state index contributed by atoms with van der Waals surface area (Å²) in [6.45, 7) is 4.84. The third-order valence-corrected chi connectivity index (χ3v) is 6.11. The summed E-state index contributed by atoms with van der Waals surface area (Å²) in [7, 11) is 0. The van der Waals surface area contributed by atoms with Gasteiger partial charge in [0.1, 0.15) is 6.61 Å².